The summed E-state index contributed by atoms with van der Waals surface area (Å²) in [6, 6.07) is 5.50. The van der Waals surface area contributed by atoms with E-state index < -0.39 is 8.60 Å². The third kappa shape index (κ3) is 2.77. The fourth-order valence-electron chi connectivity index (χ4n) is 2.17. The van der Waals surface area contributed by atoms with Crippen LogP contribution in [0.4, 0.5) is 0 Å². The Hall–Kier alpha value is -2.12. The molecule has 0 saturated carbocycles. The molecule has 114 valence electrons. The summed E-state index contributed by atoms with van der Waals surface area (Å²) in [6.45, 7) is -0.0552. The molecule has 0 spiro atoms. The maximum atomic E-state index is 11.0. The van der Waals surface area contributed by atoms with Gasteiger partial charge in [0.25, 0.3) is 0 Å². The average Bonchev–Trinajstić information content (AvgIpc) is 3.10. The summed E-state index contributed by atoms with van der Waals surface area (Å²) in [5.41, 5.74) is 2.73. The zero-order valence-corrected chi connectivity index (χ0v) is 12.5. The lowest BCUT2D eigenvalue weighted by molar-refractivity contribution is 0.111. The maximum Gasteiger partial charge on any atom is 0.328 e. The number of carbonyl (C=O) groups is 1. The quantitative estimate of drug-likeness (QED) is 0.545. The molecule has 2 N–H and O–H groups in total. The first-order valence-corrected chi connectivity index (χ1v) is 7.50. The summed E-state index contributed by atoms with van der Waals surface area (Å²) in [6.07, 6.45) is 4.09. The second-order valence-corrected chi connectivity index (χ2v) is 5.40. The van der Waals surface area contributed by atoms with Crippen molar-refractivity contribution in [2.75, 3.05) is 0 Å². The van der Waals surface area contributed by atoms with Gasteiger partial charge in [-0.25, -0.2) is 9.67 Å². The Balaban J connectivity index is 1.93. The van der Waals surface area contributed by atoms with E-state index in [1.807, 2.05) is 12.1 Å². The number of rotatable bonds is 5. The fraction of sp³-hybridized carbons (Fsp3) is 0.154. The van der Waals surface area contributed by atoms with E-state index in [9.17, 15) is 4.79 Å². The zero-order valence-electron chi connectivity index (χ0n) is 11.6. The molecule has 22 heavy (non-hydrogen) atoms. The van der Waals surface area contributed by atoms with Gasteiger partial charge in [-0.15, -0.1) is 0 Å². The van der Waals surface area contributed by atoms with Gasteiger partial charge in [0.1, 0.15) is 12.4 Å². The lowest BCUT2D eigenvalue weighted by Crippen LogP contribution is -1.99. The lowest BCUT2D eigenvalue weighted by atomic mass is 10.2. The summed E-state index contributed by atoms with van der Waals surface area (Å²) >= 11 is 0. The van der Waals surface area contributed by atoms with Gasteiger partial charge in [0, 0.05) is 24.2 Å². The van der Waals surface area contributed by atoms with Gasteiger partial charge in [0.2, 0.25) is 0 Å². The predicted octanol–water partition coefficient (Wildman–Crippen LogP) is 1.43. The number of fused-ring (bicyclic) bond motifs is 1. The molecule has 0 bridgehead atoms. The second kappa shape index (κ2) is 5.94. The molecule has 0 aliphatic heterocycles. The molecule has 9 heteroatoms. The number of aryl methyl sites for hydroxylation is 1. The standard InChI is InChI=1S/C13H13N4O4P/c1-16-11(7-18)4-9-2-3-12(15-13(9)16)10-5-14-17(6-10)8-21-22(19)20/h2-7,19-20H,8H2,1H3. The van der Waals surface area contributed by atoms with Crippen molar-refractivity contribution in [2.45, 2.75) is 6.73 Å². The van der Waals surface area contributed by atoms with Gasteiger partial charge in [0.15, 0.2) is 6.29 Å². The highest BCUT2D eigenvalue weighted by atomic mass is 31.2. The van der Waals surface area contributed by atoms with Crippen LogP contribution in [0.25, 0.3) is 22.3 Å². The number of hydrogen-bond donors (Lipinski definition) is 2. The van der Waals surface area contributed by atoms with E-state index in [2.05, 4.69) is 10.1 Å². The highest BCUT2D eigenvalue weighted by Gasteiger charge is 2.10. The van der Waals surface area contributed by atoms with Crippen molar-refractivity contribution >= 4 is 25.9 Å². The number of carbonyl (C=O) groups excluding carboxylic acids is 1. The molecule has 0 aliphatic carbocycles. The molecule has 0 amide bonds. The molecule has 0 unspecified atom stereocenters. The van der Waals surface area contributed by atoms with Crippen LogP contribution in [0.2, 0.25) is 0 Å². The third-order valence-electron chi connectivity index (χ3n) is 3.27. The Bertz CT molecular complexity index is 827. The molecule has 0 atom stereocenters. The second-order valence-electron chi connectivity index (χ2n) is 4.63. The number of aromatic nitrogens is 4. The van der Waals surface area contributed by atoms with Crippen molar-refractivity contribution in [3.05, 3.63) is 36.3 Å². The average molecular weight is 320 g/mol. The van der Waals surface area contributed by atoms with Crippen LogP contribution in [0.1, 0.15) is 10.5 Å². The van der Waals surface area contributed by atoms with Crippen molar-refractivity contribution < 1.29 is 19.1 Å². The van der Waals surface area contributed by atoms with Gasteiger partial charge in [-0.05, 0) is 18.2 Å². The molecule has 0 aromatic carbocycles. The van der Waals surface area contributed by atoms with Gasteiger partial charge in [0.05, 0.1) is 17.6 Å². The van der Waals surface area contributed by atoms with Gasteiger partial charge >= 0.3 is 8.60 Å². The molecular weight excluding hydrogens is 307 g/mol. The highest BCUT2D eigenvalue weighted by Crippen LogP contribution is 2.26. The SMILES string of the molecule is Cn1c(C=O)cc2ccc(-c3cnn(COP(O)O)c3)nc21. The monoisotopic (exact) mass is 320 g/mol. The number of nitrogens with zero attached hydrogens (tertiary/aromatic N) is 4. The Morgan fingerprint density at radius 1 is 1.41 bits per heavy atom. The van der Waals surface area contributed by atoms with Crippen LogP contribution in [-0.2, 0) is 18.3 Å². The van der Waals surface area contributed by atoms with E-state index >= 15 is 0 Å². The molecule has 3 rings (SSSR count). The molecule has 0 fully saturated rings. The van der Waals surface area contributed by atoms with E-state index in [-0.39, 0.29) is 6.73 Å². The van der Waals surface area contributed by atoms with E-state index in [0.717, 1.165) is 17.2 Å². The summed E-state index contributed by atoms with van der Waals surface area (Å²) in [5, 5.41) is 4.95. The normalized spacial score (nSPS) is 11.5. The fourth-order valence-corrected chi connectivity index (χ4v) is 2.39. The first kappa shape index (κ1) is 14.8. The van der Waals surface area contributed by atoms with Crippen LogP contribution in [-0.4, -0.2) is 35.4 Å². The van der Waals surface area contributed by atoms with E-state index in [4.69, 9.17) is 14.3 Å². The Kier molecular flexibility index (Phi) is 4.00. The van der Waals surface area contributed by atoms with Gasteiger partial charge in [-0.1, -0.05) is 0 Å². The molecule has 0 radical (unpaired) electrons. The van der Waals surface area contributed by atoms with Crippen molar-refractivity contribution in [3.63, 3.8) is 0 Å². The zero-order chi connectivity index (χ0) is 15.7. The largest absolute Gasteiger partial charge is 0.328 e. The third-order valence-corrected chi connectivity index (χ3v) is 3.62. The number of pyridine rings is 1. The summed E-state index contributed by atoms with van der Waals surface area (Å²) in [5.74, 6) is 0. The molecule has 3 aromatic rings. The molecule has 0 saturated heterocycles. The molecular formula is C13H13N4O4P. The van der Waals surface area contributed by atoms with Gasteiger partial charge < -0.3 is 14.4 Å². The smallest absolute Gasteiger partial charge is 0.328 e. The minimum absolute atomic E-state index is 0.0552. The molecule has 3 aromatic heterocycles. The number of aldehydes is 1. The van der Waals surface area contributed by atoms with Crippen molar-refractivity contribution in [1.82, 2.24) is 19.3 Å². The van der Waals surface area contributed by atoms with Crippen LogP contribution >= 0.6 is 8.60 Å². The summed E-state index contributed by atoms with van der Waals surface area (Å²) in [4.78, 5) is 33.0. The Morgan fingerprint density at radius 3 is 2.95 bits per heavy atom. The summed E-state index contributed by atoms with van der Waals surface area (Å²) in [7, 11) is -0.626. The Morgan fingerprint density at radius 2 is 2.23 bits per heavy atom. The van der Waals surface area contributed by atoms with Crippen molar-refractivity contribution in [1.29, 1.82) is 0 Å². The summed E-state index contributed by atoms with van der Waals surface area (Å²) < 4.78 is 7.86. The highest BCUT2D eigenvalue weighted by molar-refractivity contribution is 7.39. The minimum atomic E-state index is -2.41. The molecule has 8 nitrogen and oxygen atoms in total. The first-order valence-electron chi connectivity index (χ1n) is 6.34. The van der Waals surface area contributed by atoms with E-state index in [1.165, 1.54) is 4.68 Å². The van der Waals surface area contributed by atoms with E-state index in [0.29, 0.717) is 17.0 Å². The van der Waals surface area contributed by atoms with Crippen LogP contribution < -0.4 is 0 Å². The van der Waals surface area contributed by atoms with Crippen LogP contribution in [0.5, 0.6) is 0 Å². The lowest BCUT2D eigenvalue weighted by Gasteiger charge is -2.03. The van der Waals surface area contributed by atoms with Crippen LogP contribution in [0, 0.1) is 0 Å². The maximum absolute atomic E-state index is 11.0. The van der Waals surface area contributed by atoms with Gasteiger partial charge in [-0.3, -0.25) is 9.32 Å². The van der Waals surface area contributed by atoms with Crippen molar-refractivity contribution in [3.8, 4) is 11.3 Å². The molecule has 0 aliphatic rings. The van der Waals surface area contributed by atoms with Crippen LogP contribution in [0.15, 0.2) is 30.6 Å². The minimum Gasteiger partial charge on any atom is -0.328 e. The van der Waals surface area contributed by atoms with Crippen molar-refractivity contribution in [2.24, 2.45) is 7.05 Å². The number of hydrogen-bond acceptors (Lipinski definition) is 6. The van der Waals surface area contributed by atoms with Gasteiger partial charge in [-0.2, -0.15) is 5.10 Å². The predicted molar refractivity (Wildman–Crippen MR) is 79.8 cm³/mol. The first-order chi connectivity index (χ1) is 10.6. The Labute approximate surface area is 126 Å². The topological polar surface area (TPSA) is 102 Å². The molecule has 3 heterocycles. The van der Waals surface area contributed by atoms with E-state index in [1.54, 1.807) is 30.1 Å². The van der Waals surface area contributed by atoms with Crippen LogP contribution in [0.3, 0.4) is 0 Å².